The summed E-state index contributed by atoms with van der Waals surface area (Å²) in [5.74, 6) is 0. The van der Waals surface area contributed by atoms with E-state index >= 15 is 0 Å². The van der Waals surface area contributed by atoms with E-state index in [0.29, 0.717) is 6.04 Å². The van der Waals surface area contributed by atoms with Crippen LogP contribution in [-0.2, 0) is 13.0 Å². The van der Waals surface area contributed by atoms with E-state index in [2.05, 4.69) is 47.0 Å². The van der Waals surface area contributed by atoms with Crippen molar-refractivity contribution in [1.82, 2.24) is 15.3 Å². The Balaban J connectivity index is 2.31. The van der Waals surface area contributed by atoms with Gasteiger partial charge < -0.3 is 5.32 Å². The number of hydrogen-bond acceptors (Lipinski definition) is 4. The SMILES string of the molecule is CCc1nc(-c2ncccc2Br)sc1CNC(C)C. The first-order chi connectivity index (χ1) is 9.11. The van der Waals surface area contributed by atoms with Gasteiger partial charge in [-0.05, 0) is 34.5 Å². The van der Waals surface area contributed by atoms with Crippen molar-refractivity contribution < 1.29 is 0 Å². The van der Waals surface area contributed by atoms with Gasteiger partial charge in [-0.25, -0.2) is 4.98 Å². The van der Waals surface area contributed by atoms with E-state index in [1.807, 2.05) is 12.1 Å². The summed E-state index contributed by atoms with van der Waals surface area (Å²) in [6.07, 6.45) is 2.76. The molecule has 0 radical (unpaired) electrons. The summed E-state index contributed by atoms with van der Waals surface area (Å²) in [5, 5.41) is 4.44. The van der Waals surface area contributed by atoms with Gasteiger partial charge in [-0.15, -0.1) is 11.3 Å². The average molecular weight is 340 g/mol. The molecule has 1 N–H and O–H groups in total. The third kappa shape index (κ3) is 3.61. The quantitative estimate of drug-likeness (QED) is 0.893. The van der Waals surface area contributed by atoms with E-state index in [1.54, 1.807) is 17.5 Å². The molecular formula is C14H18BrN3S. The molecule has 0 saturated carbocycles. The molecule has 0 amide bonds. The average Bonchev–Trinajstić information content (AvgIpc) is 2.80. The van der Waals surface area contributed by atoms with Crippen LogP contribution in [0, 0.1) is 0 Å². The van der Waals surface area contributed by atoms with E-state index in [1.165, 1.54) is 10.6 Å². The van der Waals surface area contributed by atoms with Crippen molar-refractivity contribution in [2.45, 2.75) is 39.8 Å². The number of nitrogens with zero attached hydrogens (tertiary/aromatic N) is 2. The van der Waals surface area contributed by atoms with Gasteiger partial charge in [-0.1, -0.05) is 20.8 Å². The van der Waals surface area contributed by atoms with E-state index < -0.39 is 0 Å². The lowest BCUT2D eigenvalue weighted by atomic mass is 10.3. The number of aryl methyl sites for hydroxylation is 1. The molecule has 2 heterocycles. The maximum Gasteiger partial charge on any atom is 0.143 e. The van der Waals surface area contributed by atoms with Crippen LogP contribution < -0.4 is 5.32 Å². The Hall–Kier alpha value is -0.780. The summed E-state index contributed by atoms with van der Waals surface area (Å²) in [7, 11) is 0. The minimum absolute atomic E-state index is 0.483. The molecule has 0 saturated heterocycles. The smallest absolute Gasteiger partial charge is 0.143 e. The van der Waals surface area contributed by atoms with Crippen LogP contribution in [-0.4, -0.2) is 16.0 Å². The topological polar surface area (TPSA) is 37.8 Å². The number of rotatable bonds is 5. The Kier molecular flexibility index (Phi) is 5.07. The summed E-state index contributed by atoms with van der Waals surface area (Å²) in [6, 6.07) is 4.40. The molecule has 0 bridgehead atoms. The Bertz CT molecular complexity index is 551. The summed E-state index contributed by atoms with van der Waals surface area (Å²) < 4.78 is 0.995. The first kappa shape index (κ1) is 14.6. The lowest BCUT2D eigenvalue weighted by molar-refractivity contribution is 0.590. The number of aromatic nitrogens is 2. The van der Waals surface area contributed by atoms with Crippen LogP contribution in [0.5, 0.6) is 0 Å². The first-order valence-corrected chi connectivity index (χ1v) is 8.05. The van der Waals surface area contributed by atoms with Gasteiger partial charge in [0, 0.05) is 28.1 Å². The van der Waals surface area contributed by atoms with Crippen LogP contribution in [0.1, 0.15) is 31.3 Å². The fourth-order valence-electron chi connectivity index (χ4n) is 1.74. The van der Waals surface area contributed by atoms with E-state index in [0.717, 1.165) is 28.1 Å². The van der Waals surface area contributed by atoms with Crippen LogP contribution in [0.2, 0.25) is 0 Å². The molecule has 0 fully saturated rings. The zero-order valence-corrected chi connectivity index (χ0v) is 13.8. The molecule has 2 rings (SSSR count). The van der Waals surface area contributed by atoms with Crippen molar-refractivity contribution >= 4 is 27.3 Å². The third-order valence-corrected chi connectivity index (χ3v) is 4.49. The van der Waals surface area contributed by atoms with Crippen molar-refractivity contribution in [2.24, 2.45) is 0 Å². The van der Waals surface area contributed by atoms with E-state index in [4.69, 9.17) is 4.98 Å². The fourth-order valence-corrected chi connectivity index (χ4v) is 3.42. The fraction of sp³-hybridized carbons (Fsp3) is 0.429. The predicted octanol–water partition coefficient (Wildman–Crippen LogP) is 4.03. The van der Waals surface area contributed by atoms with Crippen LogP contribution in [0.25, 0.3) is 10.7 Å². The summed E-state index contributed by atoms with van der Waals surface area (Å²) >= 11 is 5.27. The Morgan fingerprint density at radius 1 is 1.42 bits per heavy atom. The molecule has 102 valence electrons. The van der Waals surface area contributed by atoms with Gasteiger partial charge in [0.25, 0.3) is 0 Å². The molecule has 0 aliphatic rings. The molecule has 0 atom stereocenters. The lowest BCUT2D eigenvalue weighted by Crippen LogP contribution is -2.21. The largest absolute Gasteiger partial charge is 0.310 e. The zero-order valence-electron chi connectivity index (χ0n) is 11.4. The summed E-state index contributed by atoms with van der Waals surface area (Å²) in [6.45, 7) is 7.33. The molecule has 5 heteroatoms. The second-order valence-corrected chi connectivity index (χ2v) is 6.55. The number of pyridine rings is 1. The molecule has 0 aromatic carbocycles. The highest BCUT2D eigenvalue weighted by Crippen LogP contribution is 2.31. The van der Waals surface area contributed by atoms with Crippen molar-refractivity contribution in [3.05, 3.63) is 33.4 Å². The van der Waals surface area contributed by atoms with Gasteiger partial charge >= 0.3 is 0 Å². The van der Waals surface area contributed by atoms with E-state index in [9.17, 15) is 0 Å². The highest BCUT2D eigenvalue weighted by Gasteiger charge is 2.14. The van der Waals surface area contributed by atoms with Crippen molar-refractivity contribution in [1.29, 1.82) is 0 Å². The van der Waals surface area contributed by atoms with Gasteiger partial charge in [0.2, 0.25) is 0 Å². The van der Waals surface area contributed by atoms with Crippen molar-refractivity contribution in [3.8, 4) is 10.7 Å². The minimum atomic E-state index is 0.483. The maximum absolute atomic E-state index is 4.72. The molecule has 2 aromatic heterocycles. The zero-order chi connectivity index (χ0) is 13.8. The molecule has 0 unspecified atom stereocenters. The predicted molar refractivity (Wildman–Crippen MR) is 84.4 cm³/mol. The molecule has 2 aromatic rings. The highest BCUT2D eigenvalue weighted by atomic mass is 79.9. The summed E-state index contributed by atoms with van der Waals surface area (Å²) in [4.78, 5) is 10.4. The maximum atomic E-state index is 4.72. The van der Waals surface area contributed by atoms with Gasteiger partial charge in [-0.3, -0.25) is 4.98 Å². The first-order valence-electron chi connectivity index (χ1n) is 6.44. The molecule has 3 nitrogen and oxygen atoms in total. The van der Waals surface area contributed by atoms with Crippen LogP contribution >= 0.6 is 27.3 Å². The van der Waals surface area contributed by atoms with Crippen LogP contribution in [0.4, 0.5) is 0 Å². The Morgan fingerprint density at radius 3 is 2.84 bits per heavy atom. The lowest BCUT2D eigenvalue weighted by Gasteiger charge is -2.06. The third-order valence-electron chi connectivity index (χ3n) is 2.75. The van der Waals surface area contributed by atoms with Gasteiger partial charge in [0.1, 0.15) is 10.7 Å². The second kappa shape index (κ2) is 6.59. The molecule has 19 heavy (non-hydrogen) atoms. The normalized spacial score (nSPS) is 11.2. The van der Waals surface area contributed by atoms with Crippen LogP contribution in [0.3, 0.4) is 0 Å². The number of hydrogen-bond donors (Lipinski definition) is 1. The van der Waals surface area contributed by atoms with Crippen molar-refractivity contribution in [3.63, 3.8) is 0 Å². The molecule has 0 spiro atoms. The number of nitrogens with one attached hydrogen (secondary N) is 1. The van der Waals surface area contributed by atoms with E-state index in [-0.39, 0.29) is 0 Å². The molecule has 0 aliphatic carbocycles. The van der Waals surface area contributed by atoms with Gasteiger partial charge in [0.15, 0.2) is 0 Å². The molecule has 0 aliphatic heterocycles. The minimum Gasteiger partial charge on any atom is -0.310 e. The Labute approximate surface area is 126 Å². The van der Waals surface area contributed by atoms with Gasteiger partial charge in [0.05, 0.1) is 5.69 Å². The number of halogens is 1. The van der Waals surface area contributed by atoms with Crippen LogP contribution in [0.15, 0.2) is 22.8 Å². The van der Waals surface area contributed by atoms with Gasteiger partial charge in [-0.2, -0.15) is 0 Å². The number of thiazole rings is 1. The Morgan fingerprint density at radius 2 is 2.21 bits per heavy atom. The molecular weight excluding hydrogens is 322 g/mol. The highest BCUT2D eigenvalue weighted by molar-refractivity contribution is 9.10. The monoisotopic (exact) mass is 339 g/mol. The standard InChI is InChI=1S/C14H18BrN3S/c1-4-11-12(8-17-9(2)3)19-14(18-11)13-10(15)6-5-7-16-13/h5-7,9,17H,4,8H2,1-3H3. The second-order valence-electron chi connectivity index (χ2n) is 4.61. The van der Waals surface area contributed by atoms with Crippen molar-refractivity contribution in [2.75, 3.05) is 0 Å². The summed E-state index contributed by atoms with van der Waals surface area (Å²) in [5.41, 5.74) is 2.10.